The molecule has 1 N–H and O–H groups in total. The third-order valence-electron chi connectivity index (χ3n) is 3.71. The van der Waals surface area contributed by atoms with Crippen molar-refractivity contribution in [3.63, 3.8) is 0 Å². The Morgan fingerprint density at radius 1 is 1.22 bits per heavy atom. The minimum atomic E-state index is -3.62. The molecular formula is C18H20ClFN2O4S. The number of rotatable bonds is 7. The number of anilines is 1. The van der Waals surface area contributed by atoms with Crippen molar-refractivity contribution in [3.05, 3.63) is 52.8 Å². The molecule has 27 heavy (non-hydrogen) atoms. The molecule has 0 saturated carbocycles. The molecule has 0 fully saturated rings. The maximum atomic E-state index is 13.0. The van der Waals surface area contributed by atoms with E-state index in [2.05, 4.69) is 5.32 Å². The number of nitrogens with one attached hydrogen (secondary N) is 1. The van der Waals surface area contributed by atoms with E-state index in [1.54, 1.807) is 19.1 Å². The zero-order chi connectivity index (χ0) is 20.2. The standard InChI is InChI=1S/C18H20ClFN2O4S/c1-12-4-6-14(11-17(12)27(24,25)22(2)3)21-18(23)8-9-26-16-7-5-13(20)10-15(16)19/h4-7,10-11H,8-9H2,1-3H3,(H,21,23). The highest BCUT2D eigenvalue weighted by atomic mass is 35.5. The fourth-order valence-electron chi connectivity index (χ4n) is 2.22. The Hall–Kier alpha value is -2.16. The Bertz CT molecular complexity index is 948. The maximum absolute atomic E-state index is 13.0. The molecular weight excluding hydrogens is 395 g/mol. The second kappa shape index (κ2) is 8.69. The lowest BCUT2D eigenvalue weighted by Crippen LogP contribution is -2.23. The van der Waals surface area contributed by atoms with Gasteiger partial charge in [0, 0.05) is 19.8 Å². The van der Waals surface area contributed by atoms with Crippen LogP contribution < -0.4 is 10.1 Å². The van der Waals surface area contributed by atoms with Gasteiger partial charge in [0.05, 0.1) is 22.9 Å². The summed E-state index contributed by atoms with van der Waals surface area (Å²) in [6.07, 6.45) is 0.0113. The third-order valence-corrected chi connectivity index (χ3v) is 5.96. The molecule has 0 aliphatic carbocycles. The van der Waals surface area contributed by atoms with Gasteiger partial charge in [-0.15, -0.1) is 0 Å². The van der Waals surface area contributed by atoms with E-state index in [1.165, 1.54) is 32.3 Å². The van der Waals surface area contributed by atoms with E-state index in [1.807, 2.05) is 0 Å². The summed E-state index contributed by atoms with van der Waals surface area (Å²) >= 11 is 5.85. The molecule has 0 aromatic heterocycles. The first-order chi connectivity index (χ1) is 12.6. The second-order valence-corrected chi connectivity index (χ2v) is 8.52. The van der Waals surface area contributed by atoms with E-state index in [0.717, 1.165) is 10.4 Å². The van der Waals surface area contributed by atoms with Crippen LogP contribution in [0.2, 0.25) is 5.02 Å². The summed E-state index contributed by atoms with van der Waals surface area (Å²) in [6, 6.07) is 8.38. The van der Waals surface area contributed by atoms with Crippen LogP contribution in [0.5, 0.6) is 5.75 Å². The number of hydrogen-bond acceptors (Lipinski definition) is 4. The fourth-order valence-corrected chi connectivity index (χ4v) is 3.59. The van der Waals surface area contributed by atoms with Gasteiger partial charge in [-0.25, -0.2) is 17.1 Å². The van der Waals surface area contributed by atoms with E-state index in [0.29, 0.717) is 11.3 Å². The molecule has 2 aromatic rings. The molecule has 1 amide bonds. The molecule has 6 nitrogen and oxygen atoms in total. The van der Waals surface area contributed by atoms with Crippen LogP contribution in [0.25, 0.3) is 0 Å². The van der Waals surface area contributed by atoms with Crippen molar-refractivity contribution >= 4 is 33.2 Å². The SMILES string of the molecule is Cc1ccc(NC(=O)CCOc2ccc(F)cc2Cl)cc1S(=O)(=O)N(C)C. The summed E-state index contributed by atoms with van der Waals surface area (Å²) in [5.41, 5.74) is 0.946. The normalized spacial score (nSPS) is 11.5. The lowest BCUT2D eigenvalue weighted by molar-refractivity contribution is -0.116. The number of amides is 1. The lowest BCUT2D eigenvalue weighted by atomic mass is 10.2. The van der Waals surface area contributed by atoms with Crippen LogP contribution in [0.4, 0.5) is 10.1 Å². The number of nitrogens with zero attached hydrogens (tertiary/aromatic N) is 1. The summed E-state index contributed by atoms with van der Waals surface area (Å²) in [5.74, 6) is -0.557. The molecule has 0 atom stereocenters. The Morgan fingerprint density at radius 3 is 2.56 bits per heavy atom. The van der Waals surface area contributed by atoms with Gasteiger partial charge in [-0.2, -0.15) is 0 Å². The van der Waals surface area contributed by atoms with Gasteiger partial charge in [-0.05, 0) is 42.8 Å². The minimum Gasteiger partial charge on any atom is -0.491 e. The molecule has 0 radical (unpaired) electrons. The van der Waals surface area contributed by atoms with E-state index in [-0.39, 0.29) is 34.6 Å². The van der Waals surface area contributed by atoms with Gasteiger partial charge in [0.15, 0.2) is 0 Å². The quantitative estimate of drug-likeness (QED) is 0.753. The monoisotopic (exact) mass is 414 g/mol. The first kappa shape index (κ1) is 21.1. The Labute approximate surface area is 162 Å². The number of halogens is 2. The van der Waals surface area contributed by atoms with Gasteiger partial charge in [0.1, 0.15) is 11.6 Å². The highest BCUT2D eigenvalue weighted by Crippen LogP contribution is 2.25. The summed E-state index contributed by atoms with van der Waals surface area (Å²) in [4.78, 5) is 12.2. The first-order valence-electron chi connectivity index (χ1n) is 8.02. The van der Waals surface area contributed by atoms with Gasteiger partial charge < -0.3 is 10.1 Å². The lowest BCUT2D eigenvalue weighted by Gasteiger charge is -2.15. The predicted octanol–water partition coefficient (Wildman–Crippen LogP) is 3.45. The van der Waals surface area contributed by atoms with Crippen molar-refractivity contribution in [2.24, 2.45) is 0 Å². The minimum absolute atomic E-state index is 0.0113. The Kier molecular flexibility index (Phi) is 6.80. The number of carbonyl (C=O) groups is 1. The molecule has 0 aliphatic heterocycles. The molecule has 0 unspecified atom stereocenters. The highest BCUT2D eigenvalue weighted by Gasteiger charge is 2.20. The number of ether oxygens (including phenoxy) is 1. The zero-order valence-corrected chi connectivity index (χ0v) is 16.7. The highest BCUT2D eigenvalue weighted by molar-refractivity contribution is 7.89. The third kappa shape index (κ3) is 5.41. The van der Waals surface area contributed by atoms with Crippen LogP contribution in [-0.2, 0) is 14.8 Å². The Morgan fingerprint density at radius 2 is 1.93 bits per heavy atom. The van der Waals surface area contributed by atoms with Gasteiger partial charge in [-0.1, -0.05) is 17.7 Å². The van der Waals surface area contributed by atoms with Crippen molar-refractivity contribution in [2.75, 3.05) is 26.0 Å². The van der Waals surface area contributed by atoms with Gasteiger partial charge in [0.2, 0.25) is 15.9 Å². The number of aryl methyl sites for hydroxylation is 1. The number of carbonyl (C=O) groups excluding carboxylic acids is 1. The molecule has 0 spiro atoms. The molecule has 2 rings (SSSR count). The van der Waals surface area contributed by atoms with E-state index in [9.17, 15) is 17.6 Å². The van der Waals surface area contributed by atoms with Crippen LogP contribution in [-0.4, -0.2) is 39.3 Å². The second-order valence-electron chi connectivity index (χ2n) is 5.99. The molecule has 9 heteroatoms. The average molecular weight is 415 g/mol. The van der Waals surface area contributed by atoms with Gasteiger partial charge >= 0.3 is 0 Å². The van der Waals surface area contributed by atoms with Crippen LogP contribution in [0, 0.1) is 12.7 Å². The molecule has 0 saturated heterocycles. The van der Waals surface area contributed by atoms with Crippen molar-refractivity contribution in [3.8, 4) is 5.75 Å². The Balaban J connectivity index is 2.00. The smallest absolute Gasteiger partial charge is 0.242 e. The average Bonchev–Trinajstić information content (AvgIpc) is 2.58. The summed E-state index contributed by atoms with van der Waals surface area (Å²) < 4.78 is 44.1. The van der Waals surface area contributed by atoms with Gasteiger partial charge in [-0.3, -0.25) is 4.79 Å². The molecule has 0 aliphatic rings. The molecule has 0 bridgehead atoms. The van der Waals surface area contributed by atoms with Crippen molar-refractivity contribution < 1.29 is 22.3 Å². The molecule has 2 aromatic carbocycles. The number of hydrogen-bond donors (Lipinski definition) is 1. The van der Waals surface area contributed by atoms with Crippen LogP contribution in [0.3, 0.4) is 0 Å². The van der Waals surface area contributed by atoms with E-state index < -0.39 is 15.8 Å². The maximum Gasteiger partial charge on any atom is 0.242 e. The zero-order valence-electron chi connectivity index (χ0n) is 15.1. The van der Waals surface area contributed by atoms with Crippen LogP contribution in [0.15, 0.2) is 41.3 Å². The van der Waals surface area contributed by atoms with Crippen molar-refractivity contribution in [1.82, 2.24) is 4.31 Å². The van der Waals surface area contributed by atoms with Crippen molar-refractivity contribution in [1.29, 1.82) is 0 Å². The predicted molar refractivity (Wildman–Crippen MR) is 102 cm³/mol. The fraction of sp³-hybridized carbons (Fsp3) is 0.278. The van der Waals surface area contributed by atoms with Gasteiger partial charge in [0.25, 0.3) is 0 Å². The first-order valence-corrected chi connectivity index (χ1v) is 9.84. The van der Waals surface area contributed by atoms with Crippen LogP contribution in [0.1, 0.15) is 12.0 Å². The number of benzene rings is 2. The van der Waals surface area contributed by atoms with E-state index in [4.69, 9.17) is 16.3 Å². The van der Waals surface area contributed by atoms with E-state index >= 15 is 0 Å². The topological polar surface area (TPSA) is 75.7 Å². The summed E-state index contributed by atoms with van der Waals surface area (Å²) in [7, 11) is -0.730. The summed E-state index contributed by atoms with van der Waals surface area (Å²) in [5, 5.41) is 2.75. The summed E-state index contributed by atoms with van der Waals surface area (Å²) in [6.45, 7) is 1.72. The molecule has 146 valence electrons. The van der Waals surface area contributed by atoms with Crippen molar-refractivity contribution in [2.45, 2.75) is 18.2 Å². The largest absolute Gasteiger partial charge is 0.491 e. The number of sulfonamides is 1. The molecule has 0 heterocycles. The van der Waals surface area contributed by atoms with Crippen LogP contribution >= 0.6 is 11.6 Å².